The number of aromatic nitrogens is 1. The molecule has 0 saturated carbocycles. The predicted octanol–water partition coefficient (Wildman–Crippen LogP) is 6.61. The first kappa shape index (κ1) is 25.6. The van der Waals surface area contributed by atoms with E-state index in [9.17, 15) is 4.79 Å². The molecular weight excluding hydrogens is 474 g/mol. The van der Waals surface area contributed by atoms with Crippen LogP contribution in [0.3, 0.4) is 0 Å². The molecule has 3 aromatic rings. The number of carbonyl (C=O) groups is 1. The second-order valence-electron chi connectivity index (χ2n) is 10.4. The highest BCUT2D eigenvalue weighted by atomic mass is 32.1. The molecule has 4 nitrogen and oxygen atoms in total. The van der Waals surface area contributed by atoms with Gasteiger partial charge in [0.25, 0.3) is 5.91 Å². The predicted molar refractivity (Wildman–Crippen MR) is 154 cm³/mol. The first-order chi connectivity index (χ1) is 18.2. The Morgan fingerprint density at radius 2 is 1.95 bits per heavy atom. The Morgan fingerprint density at radius 1 is 1.05 bits per heavy atom. The fourth-order valence-electron chi connectivity index (χ4n) is 5.71. The standard InChI is InChI=1S/C27H31N3O.C5H6S/c31-27(26-10-4-7-23-6-2-1-3-9-25(23)26)30-17-11-21(20-30)19-29-15-12-22(13-16-29)24-8-5-14-28-18-24;1-5-2-3-6-4-5/h1-8,10,14,18,21-22H,9,11-13,15-17,19-20H2;2-4H,1H3/t21-;/m1./s1. The van der Waals surface area contributed by atoms with Gasteiger partial charge in [-0.05, 0) is 109 Å². The lowest BCUT2D eigenvalue weighted by molar-refractivity contribution is 0.0781. The van der Waals surface area contributed by atoms with E-state index >= 15 is 0 Å². The minimum atomic E-state index is 0.207. The Kier molecular flexibility index (Phi) is 8.64. The minimum absolute atomic E-state index is 0.207. The summed E-state index contributed by atoms with van der Waals surface area (Å²) in [6, 6.07) is 12.5. The fraction of sp³-hybridized carbons (Fsp3) is 0.375. The van der Waals surface area contributed by atoms with Crippen LogP contribution in [0.25, 0.3) is 6.08 Å². The van der Waals surface area contributed by atoms with Gasteiger partial charge in [0, 0.05) is 37.6 Å². The van der Waals surface area contributed by atoms with Crippen LogP contribution < -0.4 is 0 Å². The summed E-state index contributed by atoms with van der Waals surface area (Å²) in [5.41, 5.74) is 5.96. The summed E-state index contributed by atoms with van der Waals surface area (Å²) in [5.74, 6) is 1.43. The molecule has 1 amide bonds. The summed E-state index contributed by atoms with van der Waals surface area (Å²) < 4.78 is 0. The Balaban J connectivity index is 0.000000412. The summed E-state index contributed by atoms with van der Waals surface area (Å²) in [7, 11) is 0. The lowest BCUT2D eigenvalue weighted by Gasteiger charge is -2.33. The van der Waals surface area contributed by atoms with Crippen LogP contribution in [0.4, 0.5) is 0 Å². The van der Waals surface area contributed by atoms with Crippen molar-refractivity contribution >= 4 is 23.3 Å². The van der Waals surface area contributed by atoms with E-state index < -0.39 is 0 Å². The van der Waals surface area contributed by atoms with Crippen molar-refractivity contribution in [3.63, 3.8) is 0 Å². The molecule has 2 saturated heterocycles. The number of rotatable bonds is 4. The van der Waals surface area contributed by atoms with Crippen molar-refractivity contribution in [2.45, 2.75) is 38.5 Å². The summed E-state index contributed by atoms with van der Waals surface area (Å²) >= 11 is 1.74. The van der Waals surface area contributed by atoms with E-state index in [4.69, 9.17) is 0 Å². The normalized spacial score (nSPS) is 19.7. The highest BCUT2D eigenvalue weighted by Gasteiger charge is 2.30. The van der Waals surface area contributed by atoms with Crippen molar-refractivity contribution in [2.75, 3.05) is 32.7 Å². The van der Waals surface area contributed by atoms with Crippen LogP contribution in [-0.2, 0) is 6.42 Å². The van der Waals surface area contributed by atoms with Gasteiger partial charge in [0.1, 0.15) is 0 Å². The molecule has 0 N–H and O–H groups in total. The number of likely N-dealkylation sites (tertiary alicyclic amines) is 2. The van der Waals surface area contributed by atoms with Crippen molar-refractivity contribution < 1.29 is 4.79 Å². The third-order valence-electron chi connectivity index (χ3n) is 7.78. The van der Waals surface area contributed by atoms with Crippen molar-refractivity contribution in [3.8, 4) is 0 Å². The number of carbonyl (C=O) groups excluding carboxylic acids is 1. The summed E-state index contributed by atoms with van der Waals surface area (Å²) in [4.78, 5) is 22.3. The number of hydrogen-bond acceptors (Lipinski definition) is 4. The molecule has 0 radical (unpaired) electrons. The zero-order valence-corrected chi connectivity index (χ0v) is 22.6. The van der Waals surface area contributed by atoms with Crippen LogP contribution in [0.2, 0.25) is 0 Å². The average Bonchev–Trinajstić information content (AvgIpc) is 3.55. The number of aryl methyl sites for hydroxylation is 1. The Morgan fingerprint density at radius 3 is 2.68 bits per heavy atom. The van der Waals surface area contributed by atoms with Crippen molar-refractivity contribution in [2.24, 2.45) is 5.92 Å². The smallest absolute Gasteiger partial charge is 0.254 e. The molecule has 0 unspecified atom stereocenters. The van der Waals surface area contributed by atoms with E-state index in [2.05, 4.69) is 75.0 Å². The number of allylic oxidation sites excluding steroid dienone is 3. The van der Waals surface area contributed by atoms with Gasteiger partial charge in [-0.1, -0.05) is 42.5 Å². The van der Waals surface area contributed by atoms with E-state index in [0.717, 1.165) is 51.1 Å². The van der Waals surface area contributed by atoms with Crippen molar-refractivity contribution in [3.05, 3.63) is 106 Å². The lowest BCUT2D eigenvalue weighted by Crippen LogP contribution is -2.38. The molecule has 0 bridgehead atoms. The summed E-state index contributed by atoms with van der Waals surface area (Å²) in [6.07, 6.45) is 16.6. The molecule has 192 valence electrons. The Hall–Kier alpha value is -3.02. The van der Waals surface area contributed by atoms with Crippen LogP contribution in [-0.4, -0.2) is 53.4 Å². The first-order valence-electron chi connectivity index (χ1n) is 13.5. The van der Waals surface area contributed by atoms with Crippen LogP contribution in [0.1, 0.15) is 57.8 Å². The quantitative estimate of drug-likeness (QED) is 0.396. The molecule has 0 spiro atoms. The molecule has 1 aliphatic carbocycles. The summed E-state index contributed by atoms with van der Waals surface area (Å²) in [6.45, 7) is 7.27. The number of amides is 1. The molecule has 1 atom stereocenters. The number of fused-ring (bicyclic) bond motifs is 1. The van der Waals surface area contributed by atoms with Crippen LogP contribution in [0, 0.1) is 12.8 Å². The molecule has 2 aromatic heterocycles. The average molecular weight is 512 g/mol. The van der Waals surface area contributed by atoms with Gasteiger partial charge in [0.05, 0.1) is 0 Å². The topological polar surface area (TPSA) is 36.4 Å². The van der Waals surface area contributed by atoms with E-state index in [-0.39, 0.29) is 5.91 Å². The maximum Gasteiger partial charge on any atom is 0.254 e. The number of hydrogen-bond donors (Lipinski definition) is 0. The Bertz CT molecular complexity index is 1210. The third-order valence-corrected chi connectivity index (χ3v) is 8.58. The molecular formula is C32H37N3OS. The van der Waals surface area contributed by atoms with Gasteiger partial charge in [-0.15, -0.1) is 0 Å². The van der Waals surface area contributed by atoms with Crippen molar-refractivity contribution in [1.82, 2.24) is 14.8 Å². The molecule has 2 aliphatic heterocycles. The highest BCUT2D eigenvalue weighted by molar-refractivity contribution is 7.07. The van der Waals surface area contributed by atoms with Gasteiger partial charge >= 0.3 is 0 Å². The summed E-state index contributed by atoms with van der Waals surface area (Å²) in [5, 5.41) is 4.20. The molecule has 37 heavy (non-hydrogen) atoms. The number of piperidine rings is 1. The van der Waals surface area contributed by atoms with Gasteiger partial charge < -0.3 is 9.80 Å². The van der Waals surface area contributed by atoms with Gasteiger partial charge in [0.15, 0.2) is 0 Å². The molecule has 2 fully saturated rings. The van der Waals surface area contributed by atoms with Crippen molar-refractivity contribution in [1.29, 1.82) is 0 Å². The molecule has 4 heterocycles. The van der Waals surface area contributed by atoms with E-state index in [1.165, 1.54) is 35.1 Å². The second-order valence-corrected chi connectivity index (χ2v) is 11.2. The van der Waals surface area contributed by atoms with Crippen LogP contribution >= 0.6 is 11.3 Å². The number of nitrogens with zero attached hydrogens (tertiary/aromatic N) is 3. The SMILES string of the molecule is Cc1ccsc1.O=C(c1cccc2c1CC=CC=C2)N1CC[C@H](CN2CCC(c3cccnc3)CC2)C1. The van der Waals surface area contributed by atoms with Gasteiger partial charge in [-0.2, -0.15) is 11.3 Å². The zero-order chi connectivity index (χ0) is 25.5. The van der Waals surface area contributed by atoms with Crippen LogP contribution in [0.15, 0.2) is 77.8 Å². The molecule has 6 rings (SSSR count). The molecule has 5 heteroatoms. The van der Waals surface area contributed by atoms with E-state index in [1.807, 2.05) is 30.6 Å². The van der Waals surface area contributed by atoms with E-state index in [1.54, 1.807) is 11.3 Å². The zero-order valence-electron chi connectivity index (χ0n) is 21.8. The fourth-order valence-corrected chi connectivity index (χ4v) is 6.38. The minimum Gasteiger partial charge on any atom is -0.338 e. The monoisotopic (exact) mass is 511 g/mol. The van der Waals surface area contributed by atoms with Gasteiger partial charge in [-0.3, -0.25) is 9.78 Å². The number of pyridine rings is 1. The van der Waals surface area contributed by atoms with Gasteiger partial charge in [0.2, 0.25) is 0 Å². The first-order valence-corrected chi connectivity index (χ1v) is 14.5. The maximum atomic E-state index is 13.3. The highest BCUT2D eigenvalue weighted by Crippen LogP contribution is 2.29. The number of benzene rings is 1. The lowest BCUT2D eigenvalue weighted by atomic mass is 9.90. The Labute approximate surface area is 225 Å². The van der Waals surface area contributed by atoms with Crippen LogP contribution in [0.5, 0.6) is 0 Å². The second kappa shape index (κ2) is 12.5. The largest absolute Gasteiger partial charge is 0.338 e. The molecule has 3 aliphatic rings. The number of thiophene rings is 1. The van der Waals surface area contributed by atoms with E-state index in [0.29, 0.717) is 11.8 Å². The molecule has 1 aromatic carbocycles. The third kappa shape index (κ3) is 6.65. The maximum absolute atomic E-state index is 13.3. The van der Waals surface area contributed by atoms with Gasteiger partial charge in [-0.25, -0.2) is 0 Å².